The largest absolute Gasteiger partial charge is 0.481 e. The summed E-state index contributed by atoms with van der Waals surface area (Å²) in [5.74, 6) is -1.11. The van der Waals surface area contributed by atoms with E-state index in [1.165, 1.54) is 0 Å². The fourth-order valence-corrected chi connectivity index (χ4v) is 3.02. The fourth-order valence-electron chi connectivity index (χ4n) is 1.85. The standard InChI is InChI=1S/C8H14O5S/c1-14(12,13)6-2-3-8(4-6,5-9)7(10)11/h6,9H,2-5H2,1H3,(H,10,11)/t6-,8+/m0/s1. The van der Waals surface area contributed by atoms with Crippen LogP contribution >= 0.6 is 0 Å². The molecule has 5 nitrogen and oxygen atoms in total. The first kappa shape index (κ1) is 11.5. The Morgan fingerprint density at radius 3 is 2.36 bits per heavy atom. The first-order chi connectivity index (χ1) is 6.32. The molecule has 0 aromatic heterocycles. The van der Waals surface area contributed by atoms with Crippen LogP contribution < -0.4 is 0 Å². The molecule has 0 aliphatic heterocycles. The van der Waals surface area contributed by atoms with Crippen LogP contribution in [0.15, 0.2) is 0 Å². The topological polar surface area (TPSA) is 91.7 Å². The number of hydrogen-bond acceptors (Lipinski definition) is 4. The van der Waals surface area contributed by atoms with Crippen LogP contribution in [0, 0.1) is 5.41 Å². The SMILES string of the molecule is CS(=O)(=O)[C@H]1CC[C@@](CO)(C(=O)O)C1. The predicted octanol–water partition coefficient (Wildman–Crippen LogP) is -0.353. The number of carboxylic acid groups (broad SMARTS) is 1. The Morgan fingerprint density at radius 1 is 1.57 bits per heavy atom. The molecule has 1 rings (SSSR count). The van der Waals surface area contributed by atoms with E-state index in [4.69, 9.17) is 10.2 Å². The van der Waals surface area contributed by atoms with Crippen LogP contribution in [0.1, 0.15) is 19.3 Å². The molecule has 0 aromatic rings. The molecule has 82 valence electrons. The highest BCUT2D eigenvalue weighted by Gasteiger charge is 2.47. The van der Waals surface area contributed by atoms with Crippen molar-refractivity contribution < 1.29 is 23.4 Å². The van der Waals surface area contributed by atoms with Crippen molar-refractivity contribution in [2.45, 2.75) is 24.5 Å². The molecule has 0 bridgehead atoms. The highest BCUT2D eigenvalue weighted by atomic mass is 32.2. The van der Waals surface area contributed by atoms with Crippen molar-refractivity contribution in [3.05, 3.63) is 0 Å². The van der Waals surface area contributed by atoms with Gasteiger partial charge in [0.05, 0.1) is 17.3 Å². The first-order valence-electron chi connectivity index (χ1n) is 4.35. The second-order valence-corrected chi connectivity index (χ2v) is 6.26. The summed E-state index contributed by atoms with van der Waals surface area (Å²) in [6, 6.07) is 0. The average Bonchev–Trinajstić information content (AvgIpc) is 2.47. The molecule has 6 heteroatoms. The van der Waals surface area contributed by atoms with Gasteiger partial charge in [-0.2, -0.15) is 0 Å². The van der Waals surface area contributed by atoms with Gasteiger partial charge in [0.2, 0.25) is 0 Å². The lowest BCUT2D eigenvalue weighted by Crippen LogP contribution is -2.33. The zero-order chi connectivity index (χ0) is 11.0. The van der Waals surface area contributed by atoms with Crippen molar-refractivity contribution in [2.75, 3.05) is 12.9 Å². The fraction of sp³-hybridized carbons (Fsp3) is 0.875. The Balaban J connectivity index is 2.87. The average molecular weight is 222 g/mol. The summed E-state index contributed by atoms with van der Waals surface area (Å²) in [7, 11) is -3.19. The number of aliphatic hydroxyl groups is 1. The third kappa shape index (κ3) is 1.90. The summed E-state index contributed by atoms with van der Waals surface area (Å²) in [4.78, 5) is 10.9. The minimum absolute atomic E-state index is 0.0255. The lowest BCUT2D eigenvalue weighted by Gasteiger charge is -2.20. The summed E-state index contributed by atoms with van der Waals surface area (Å²) in [6.07, 6.45) is 1.69. The van der Waals surface area contributed by atoms with Crippen molar-refractivity contribution in [1.29, 1.82) is 0 Å². The number of carboxylic acids is 1. The minimum atomic E-state index is -3.19. The van der Waals surface area contributed by atoms with Gasteiger partial charge in [-0.25, -0.2) is 8.42 Å². The van der Waals surface area contributed by atoms with Gasteiger partial charge in [0.15, 0.2) is 0 Å². The van der Waals surface area contributed by atoms with Crippen LogP contribution in [0.5, 0.6) is 0 Å². The van der Waals surface area contributed by atoms with Gasteiger partial charge in [-0.05, 0) is 19.3 Å². The molecular formula is C8H14O5S. The van der Waals surface area contributed by atoms with Crippen molar-refractivity contribution in [3.63, 3.8) is 0 Å². The van der Waals surface area contributed by atoms with Gasteiger partial charge in [-0.15, -0.1) is 0 Å². The van der Waals surface area contributed by atoms with Gasteiger partial charge in [0.1, 0.15) is 9.84 Å². The van der Waals surface area contributed by atoms with E-state index in [9.17, 15) is 13.2 Å². The van der Waals surface area contributed by atoms with E-state index in [-0.39, 0.29) is 12.8 Å². The Kier molecular flexibility index (Phi) is 2.87. The molecule has 2 N–H and O–H groups in total. The van der Waals surface area contributed by atoms with Crippen LogP contribution in [0.2, 0.25) is 0 Å². The second kappa shape index (κ2) is 3.51. The monoisotopic (exact) mass is 222 g/mol. The summed E-state index contributed by atoms with van der Waals surface area (Å²) in [6.45, 7) is -0.492. The van der Waals surface area contributed by atoms with Gasteiger partial charge < -0.3 is 10.2 Å². The third-order valence-corrected chi connectivity index (χ3v) is 4.54. The summed E-state index contributed by atoms with van der Waals surface area (Å²) < 4.78 is 22.4. The Labute approximate surface area is 82.7 Å². The number of aliphatic hydroxyl groups excluding tert-OH is 1. The zero-order valence-corrected chi connectivity index (χ0v) is 8.75. The molecule has 1 aliphatic carbocycles. The van der Waals surface area contributed by atoms with E-state index >= 15 is 0 Å². The molecule has 2 atom stereocenters. The van der Waals surface area contributed by atoms with E-state index < -0.39 is 33.1 Å². The predicted molar refractivity (Wildman–Crippen MR) is 49.6 cm³/mol. The maximum absolute atomic E-state index is 11.2. The molecule has 0 aromatic carbocycles. The number of rotatable bonds is 3. The molecular weight excluding hydrogens is 208 g/mol. The second-order valence-electron chi connectivity index (χ2n) is 3.94. The molecule has 0 saturated heterocycles. The van der Waals surface area contributed by atoms with E-state index in [2.05, 4.69) is 0 Å². The molecule has 14 heavy (non-hydrogen) atoms. The molecule has 0 amide bonds. The van der Waals surface area contributed by atoms with Gasteiger partial charge in [-0.3, -0.25) is 4.79 Å². The highest BCUT2D eigenvalue weighted by Crippen LogP contribution is 2.40. The lowest BCUT2D eigenvalue weighted by molar-refractivity contribution is -0.151. The molecule has 0 spiro atoms. The molecule has 0 heterocycles. The summed E-state index contributed by atoms with van der Waals surface area (Å²) in [5.41, 5.74) is -1.24. The minimum Gasteiger partial charge on any atom is -0.481 e. The molecule has 1 saturated carbocycles. The van der Waals surface area contributed by atoms with E-state index in [0.29, 0.717) is 6.42 Å². The Morgan fingerprint density at radius 2 is 2.14 bits per heavy atom. The Hall–Kier alpha value is -0.620. The molecule has 0 unspecified atom stereocenters. The van der Waals surface area contributed by atoms with Crippen LogP contribution in [-0.4, -0.2) is 42.7 Å². The van der Waals surface area contributed by atoms with Crippen molar-refractivity contribution in [2.24, 2.45) is 5.41 Å². The van der Waals surface area contributed by atoms with Crippen molar-refractivity contribution in [1.82, 2.24) is 0 Å². The summed E-state index contributed by atoms with van der Waals surface area (Å²) in [5, 5.41) is 17.3. The van der Waals surface area contributed by atoms with Crippen LogP contribution in [-0.2, 0) is 14.6 Å². The van der Waals surface area contributed by atoms with Crippen molar-refractivity contribution >= 4 is 15.8 Å². The van der Waals surface area contributed by atoms with E-state index in [0.717, 1.165) is 6.26 Å². The third-order valence-electron chi connectivity index (χ3n) is 2.93. The van der Waals surface area contributed by atoms with Gasteiger partial charge in [0, 0.05) is 6.26 Å². The number of carbonyl (C=O) groups is 1. The number of aliphatic carboxylic acids is 1. The smallest absolute Gasteiger partial charge is 0.312 e. The van der Waals surface area contributed by atoms with E-state index in [1.54, 1.807) is 0 Å². The quantitative estimate of drug-likeness (QED) is 0.680. The van der Waals surface area contributed by atoms with E-state index in [1.807, 2.05) is 0 Å². The van der Waals surface area contributed by atoms with Crippen molar-refractivity contribution in [3.8, 4) is 0 Å². The summed E-state index contributed by atoms with van der Waals surface area (Å²) >= 11 is 0. The maximum atomic E-state index is 11.2. The van der Waals surface area contributed by atoms with Gasteiger partial charge >= 0.3 is 5.97 Å². The number of sulfone groups is 1. The van der Waals surface area contributed by atoms with Crippen LogP contribution in [0.25, 0.3) is 0 Å². The first-order valence-corrected chi connectivity index (χ1v) is 6.30. The van der Waals surface area contributed by atoms with Gasteiger partial charge in [-0.1, -0.05) is 0 Å². The lowest BCUT2D eigenvalue weighted by atomic mass is 9.88. The zero-order valence-electron chi connectivity index (χ0n) is 7.93. The molecule has 0 radical (unpaired) electrons. The van der Waals surface area contributed by atoms with Crippen LogP contribution in [0.3, 0.4) is 0 Å². The normalized spacial score (nSPS) is 33.1. The molecule has 1 fully saturated rings. The van der Waals surface area contributed by atoms with Crippen LogP contribution in [0.4, 0.5) is 0 Å². The highest BCUT2D eigenvalue weighted by molar-refractivity contribution is 7.91. The number of hydrogen-bond donors (Lipinski definition) is 2. The van der Waals surface area contributed by atoms with Gasteiger partial charge in [0.25, 0.3) is 0 Å². The molecule has 1 aliphatic rings. The maximum Gasteiger partial charge on any atom is 0.312 e. The Bertz CT molecular complexity index is 334.